The zero-order valence-electron chi connectivity index (χ0n) is 10.3. The molecule has 1 aliphatic heterocycles. The van der Waals surface area contributed by atoms with Crippen LogP contribution in [0.1, 0.15) is 23.3 Å². The minimum absolute atomic E-state index is 0.0524. The van der Waals surface area contributed by atoms with Gasteiger partial charge in [-0.15, -0.1) is 0 Å². The zero-order chi connectivity index (χ0) is 12.3. The Balaban J connectivity index is 1.78. The predicted molar refractivity (Wildman–Crippen MR) is 67.8 cm³/mol. The molecule has 17 heavy (non-hydrogen) atoms. The molecule has 1 aromatic heterocycles. The average molecular weight is 236 g/mol. The SMILES string of the molecule is Cn1cc(N)cc1C(=O)NCCN1CCCC1. The number of nitrogens with zero attached hydrogens (tertiary/aromatic N) is 2. The van der Waals surface area contributed by atoms with Crippen molar-refractivity contribution in [3.8, 4) is 0 Å². The number of likely N-dealkylation sites (tertiary alicyclic amines) is 1. The van der Waals surface area contributed by atoms with Gasteiger partial charge in [-0.25, -0.2) is 0 Å². The average Bonchev–Trinajstić information content (AvgIpc) is 2.88. The molecule has 1 saturated heterocycles. The zero-order valence-corrected chi connectivity index (χ0v) is 10.3. The van der Waals surface area contributed by atoms with Crippen LogP contribution in [0.25, 0.3) is 0 Å². The smallest absolute Gasteiger partial charge is 0.268 e. The first-order valence-electron chi connectivity index (χ1n) is 6.09. The lowest BCUT2D eigenvalue weighted by atomic mass is 10.4. The summed E-state index contributed by atoms with van der Waals surface area (Å²) < 4.78 is 1.75. The van der Waals surface area contributed by atoms with E-state index in [1.54, 1.807) is 16.8 Å². The topological polar surface area (TPSA) is 63.3 Å². The highest BCUT2D eigenvalue weighted by molar-refractivity contribution is 5.93. The van der Waals surface area contributed by atoms with Crippen molar-refractivity contribution in [3.63, 3.8) is 0 Å². The highest BCUT2D eigenvalue weighted by Gasteiger charge is 2.13. The van der Waals surface area contributed by atoms with Crippen LogP contribution in [0.15, 0.2) is 12.3 Å². The summed E-state index contributed by atoms with van der Waals surface area (Å²) in [5.41, 5.74) is 6.87. The Hall–Kier alpha value is -1.49. The fourth-order valence-corrected chi connectivity index (χ4v) is 2.24. The van der Waals surface area contributed by atoms with Gasteiger partial charge in [0.05, 0.1) is 5.69 Å². The molecule has 5 heteroatoms. The Labute approximate surface area is 102 Å². The first kappa shape index (κ1) is 12.0. The number of rotatable bonds is 4. The van der Waals surface area contributed by atoms with E-state index in [1.165, 1.54) is 12.8 Å². The Bertz CT molecular complexity index is 393. The number of aryl methyl sites for hydroxylation is 1. The standard InChI is InChI=1S/C12H20N4O/c1-15-9-10(13)8-11(15)12(17)14-4-7-16-5-2-3-6-16/h8-9H,2-7,13H2,1H3,(H,14,17). The van der Waals surface area contributed by atoms with Crippen LogP contribution in [0, 0.1) is 0 Å². The summed E-state index contributed by atoms with van der Waals surface area (Å²) in [5, 5.41) is 2.92. The van der Waals surface area contributed by atoms with E-state index in [0.717, 1.165) is 19.6 Å². The van der Waals surface area contributed by atoms with Gasteiger partial charge in [0.1, 0.15) is 5.69 Å². The number of anilines is 1. The van der Waals surface area contributed by atoms with E-state index in [4.69, 9.17) is 5.73 Å². The van der Waals surface area contributed by atoms with Gasteiger partial charge in [-0.05, 0) is 32.0 Å². The molecule has 2 rings (SSSR count). The Kier molecular flexibility index (Phi) is 3.68. The minimum Gasteiger partial charge on any atom is -0.397 e. The van der Waals surface area contributed by atoms with Gasteiger partial charge in [-0.1, -0.05) is 0 Å². The van der Waals surface area contributed by atoms with Crippen molar-refractivity contribution >= 4 is 11.6 Å². The summed E-state index contributed by atoms with van der Waals surface area (Å²) in [6, 6.07) is 1.70. The third-order valence-corrected chi connectivity index (χ3v) is 3.17. The predicted octanol–water partition coefficient (Wildman–Crippen LogP) is 0.433. The summed E-state index contributed by atoms with van der Waals surface area (Å²) in [6.07, 6.45) is 4.31. The van der Waals surface area contributed by atoms with Crippen molar-refractivity contribution in [2.75, 3.05) is 31.9 Å². The van der Waals surface area contributed by atoms with Gasteiger partial charge in [-0.3, -0.25) is 4.79 Å². The van der Waals surface area contributed by atoms with Crippen molar-refractivity contribution in [1.82, 2.24) is 14.8 Å². The Morgan fingerprint density at radius 1 is 1.47 bits per heavy atom. The van der Waals surface area contributed by atoms with Crippen LogP contribution in [0.2, 0.25) is 0 Å². The lowest BCUT2D eigenvalue weighted by molar-refractivity contribution is 0.0941. The summed E-state index contributed by atoms with van der Waals surface area (Å²) >= 11 is 0. The Morgan fingerprint density at radius 2 is 2.18 bits per heavy atom. The first-order valence-corrected chi connectivity index (χ1v) is 6.09. The largest absolute Gasteiger partial charge is 0.397 e. The second-order valence-electron chi connectivity index (χ2n) is 4.57. The third kappa shape index (κ3) is 3.00. The normalized spacial score (nSPS) is 16.3. The molecule has 1 aliphatic rings. The maximum Gasteiger partial charge on any atom is 0.268 e. The maximum atomic E-state index is 11.8. The minimum atomic E-state index is -0.0524. The van der Waals surface area contributed by atoms with E-state index in [1.807, 2.05) is 7.05 Å². The molecule has 0 saturated carbocycles. The second kappa shape index (κ2) is 5.23. The number of nitrogen functional groups attached to an aromatic ring is 1. The van der Waals surface area contributed by atoms with E-state index in [-0.39, 0.29) is 5.91 Å². The molecule has 3 N–H and O–H groups in total. The molecule has 0 radical (unpaired) electrons. The molecule has 0 atom stereocenters. The summed E-state index contributed by atoms with van der Waals surface area (Å²) in [7, 11) is 1.83. The second-order valence-corrected chi connectivity index (χ2v) is 4.57. The fourth-order valence-electron chi connectivity index (χ4n) is 2.24. The van der Waals surface area contributed by atoms with Crippen LogP contribution >= 0.6 is 0 Å². The van der Waals surface area contributed by atoms with Crippen molar-refractivity contribution < 1.29 is 4.79 Å². The number of carbonyl (C=O) groups excluding carboxylic acids is 1. The fraction of sp³-hybridized carbons (Fsp3) is 0.583. The Morgan fingerprint density at radius 3 is 2.76 bits per heavy atom. The molecule has 1 amide bonds. The molecule has 0 unspecified atom stereocenters. The number of nitrogens with one attached hydrogen (secondary N) is 1. The highest BCUT2D eigenvalue weighted by atomic mass is 16.1. The van der Waals surface area contributed by atoms with Gasteiger partial charge in [0.15, 0.2) is 0 Å². The number of amides is 1. The monoisotopic (exact) mass is 236 g/mol. The molecule has 1 fully saturated rings. The van der Waals surface area contributed by atoms with Crippen molar-refractivity contribution in [2.45, 2.75) is 12.8 Å². The lowest BCUT2D eigenvalue weighted by Gasteiger charge is -2.14. The van der Waals surface area contributed by atoms with Gasteiger partial charge in [-0.2, -0.15) is 0 Å². The number of hydrogen-bond acceptors (Lipinski definition) is 3. The van der Waals surface area contributed by atoms with Crippen LogP contribution < -0.4 is 11.1 Å². The lowest BCUT2D eigenvalue weighted by Crippen LogP contribution is -2.34. The number of nitrogens with two attached hydrogens (primary N) is 1. The van der Waals surface area contributed by atoms with E-state index in [0.29, 0.717) is 17.9 Å². The van der Waals surface area contributed by atoms with Crippen molar-refractivity contribution in [3.05, 3.63) is 18.0 Å². The van der Waals surface area contributed by atoms with Crippen LogP contribution in [-0.2, 0) is 7.05 Å². The summed E-state index contributed by atoms with van der Waals surface area (Å²) in [6.45, 7) is 3.95. The van der Waals surface area contributed by atoms with Crippen LogP contribution in [0.5, 0.6) is 0 Å². The van der Waals surface area contributed by atoms with Crippen molar-refractivity contribution in [2.24, 2.45) is 7.05 Å². The van der Waals surface area contributed by atoms with Gasteiger partial charge in [0, 0.05) is 26.3 Å². The van der Waals surface area contributed by atoms with E-state index < -0.39 is 0 Å². The number of aromatic nitrogens is 1. The maximum absolute atomic E-state index is 11.8. The molecule has 0 aliphatic carbocycles. The van der Waals surface area contributed by atoms with Crippen LogP contribution in [0.4, 0.5) is 5.69 Å². The molecule has 1 aromatic rings. The molecular formula is C12H20N4O. The van der Waals surface area contributed by atoms with Gasteiger partial charge in [0.2, 0.25) is 0 Å². The highest BCUT2D eigenvalue weighted by Crippen LogP contribution is 2.08. The molecule has 0 bridgehead atoms. The number of hydrogen-bond donors (Lipinski definition) is 2. The summed E-state index contributed by atoms with van der Waals surface area (Å²) in [4.78, 5) is 14.2. The van der Waals surface area contributed by atoms with Crippen LogP contribution in [0.3, 0.4) is 0 Å². The quantitative estimate of drug-likeness (QED) is 0.797. The molecule has 0 spiro atoms. The van der Waals surface area contributed by atoms with E-state index in [2.05, 4.69) is 10.2 Å². The van der Waals surface area contributed by atoms with Gasteiger partial charge in [0.25, 0.3) is 5.91 Å². The first-order chi connectivity index (χ1) is 8.16. The molecular weight excluding hydrogens is 216 g/mol. The molecule has 0 aromatic carbocycles. The van der Waals surface area contributed by atoms with E-state index >= 15 is 0 Å². The molecule has 2 heterocycles. The number of carbonyl (C=O) groups is 1. The van der Waals surface area contributed by atoms with Crippen molar-refractivity contribution in [1.29, 1.82) is 0 Å². The summed E-state index contributed by atoms with van der Waals surface area (Å²) in [5.74, 6) is -0.0524. The third-order valence-electron chi connectivity index (χ3n) is 3.17. The van der Waals surface area contributed by atoms with Gasteiger partial charge < -0.3 is 20.5 Å². The molecule has 94 valence electrons. The molecule has 5 nitrogen and oxygen atoms in total. The van der Waals surface area contributed by atoms with Crippen LogP contribution in [-0.4, -0.2) is 41.6 Å². The van der Waals surface area contributed by atoms with Gasteiger partial charge >= 0.3 is 0 Å². The van der Waals surface area contributed by atoms with E-state index in [9.17, 15) is 4.79 Å².